The number of pyridine rings is 1. The fourth-order valence-electron chi connectivity index (χ4n) is 2.60. The predicted molar refractivity (Wildman–Crippen MR) is 86.8 cm³/mol. The van der Waals surface area contributed by atoms with E-state index < -0.39 is 0 Å². The number of nitrogens with two attached hydrogens (primary N) is 1. The first-order chi connectivity index (χ1) is 10.8. The highest BCUT2D eigenvalue weighted by Crippen LogP contribution is 2.34. The molecule has 0 aliphatic heterocycles. The summed E-state index contributed by atoms with van der Waals surface area (Å²) in [7, 11) is 0. The van der Waals surface area contributed by atoms with E-state index >= 15 is 0 Å². The molecule has 22 heavy (non-hydrogen) atoms. The average molecular weight is 295 g/mol. The number of nitrogens with one attached hydrogen (secondary N) is 1. The number of benzene rings is 1. The fraction of sp³-hybridized carbons (Fsp3) is 0.167. The molecule has 0 bridgehead atoms. The lowest BCUT2D eigenvalue weighted by atomic mass is 9.99. The molecule has 3 nitrogen and oxygen atoms in total. The van der Waals surface area contributed by atoms with Gasteiger partial charge in [0.2, 0.25) is 0 Å². The molecule has 0 saturated heterocycles. The van der Waals surface area contributed by atoms with Gasteiger partial charge in [-0.1, -0.05) is 6.07 Å². The Bertz CT molecular complexity index is 733. The summed E-state index contributed by atoms with van der Waals surface area (Å²) in [5, 5.41) is 0. The number of rotatable bonds is 5. The van der Waals surface area contributed by atoms with Crippen LogP contribution >= 0.6 is 0 Å². The van der Waals surface area contributed by atoms with Gasteiger partial charge in [0, 0.05) is 18.0 Å². The molecule has 0 aliphatic carbocycles. The van der Waals surface area contributed by atoms with E-state index in [1.807, 2.05) is 24.4 Å². The van der Waals surface area contributed by atoms with E-state index in [-0.39, 0.29) is 5.82 Å². The number of H-pyrrole nitrogens is 1. The fourth-order valence-corrected chi connectivity index (χ4v) is 2.60. The number of aromatic amines is 1. The van der Waals surface area contributed by atoms with Crippen molar-refractivity contribution in [1.29, 1.82) is 0 Å². The third-order valence-corrected chi connectivity index (χ3v) is 3.67. The van der Waals surface area contributed by atoms with Gasteiger partial charge in [-0.05, 0) is 66.9 Å². The third kappa shape index (κ3) is 2.92. The summed E-state index contributed by atoms with van der Waals surface area (Å²) < 4.78 is 13.2. The van der Waals surface area contributed by atoms with Gasteiger partial charge in [-0.2, -0.15) is 0 Å². The zero-order valence-corrected chi connectivity index (χ0v) is 12.2. The van der Waals surface area contributed by atoms with Gasteiger partial charge in [-0.3, -0.25) is 4.98 Å². The van der Waals surface area contributed by atoms with Crippen molar-refractivity contribution < 1.29 is 4.39 Å². The topological polar surface area (TPSA) is 54.7 Å². The summed E-state index contributed by atoms with van der Waals surface area (Å²) in [5.41, 5.74) is 10.7. The van der Waals surface area contributed by atoms with E-state index in [9.17, 15) is 4.39 Å². The molecule has 0 spiro atoms. The molecule has 0 atom stereocenters. The molecule has 0 radical (unpaired) electrons. The van der Waals surface area contributed by atoms with Crippen LogP contribution in [0.25, 0.3) is 22.5 Å². The number of hydrogen-bond donors (Lipinski definition) is 2. The summed E-state index contributed by atoms with van der Waals surface area (Å²) in [6.45, 7) is 0.652. The maximum atomic E-state index is 13.2. The van der Waals surface area contributed by atoms with Crippen molar-refractivity contribution in [3.05, 3.63) is 66.2 Å². The maximum Gasteiger partial charge on any atom is 0.123 e. The molecule has 2 aromatic heterocycles. The molecule has 3 N–H and O–H groups in total. The van der Waals surface area contributed by atoms with Crippen molar-refractivity contribution in [1.82, 2.24) is 9.97 Å². The molecular formula is C18H18FN3. The zero-order chi connectivity index (χ0) is 15.4. The van der Waals surface area contributed by atoms with Crippen molar-refractivity contribution in [2.45, 2.75) is 12.8 Å². The van der Waals surface area contributed by atoms with Crippen molar-refractivity contribution in [2.75, 3.05) is 6.54 Å². The Balaban J connectivity index is 2.10. The Kier molecular flexibility index (Phi) is 4.30. The summed E-state index contributed by atoms with van der Waals surface area (Å²) in [5.74, 6) is -0.238. The van der Waals surface area contributed by atoms with E-state index in [1.54, 1.807) is 18.3 Å². The van der Waals surface area contributed by atoms with E-state index in [4.69, 9.17) is 5.73 Å². The Labute approximate surface area is 129 Å². The highest BCUT2D eigenvalue weighted by Gasteiger charge is 2.15. The minimum atomic E-state index is -0.238. The summed E-state index contributed by atoms with van der Waals surface area (Å²) >= 11 is 0. The highest BCUT2D eigenvalue weighted by atomic mass is 19.1. The monoisotopic (exact) mass is 295 g/mol. The van der Waals surface area contributed by atoms with Gasteiger partial charge in [0.15, 0.2) is 0 Å². The van der Waals surface area contributed by atoms with Crippen LogP contribution in [-0.4, -0.2) is 16.5 Å². The Hall–Kier alpha value is -2.46. The number of nitrogens with zero attached hydrogens (tertiary/aromatic N) is 1. The lowest BCUT2D eigenvalue weighted by molar-refractivity contribution is 0.628. The SMILES string of the molecule is NCCCc1c[nH]c(-c2ccc(F)cc2)c1-c1ccccn1. The van der Waals surface area contributed by atoms with Gasteiger partial charge in [-0.15, -0.1) is 0 Å². The van der Waals surface area contributed by atoms with Crippen LogP contribution in [0.1, 0.15) is 12.0 Å². The molecule has 0 unspecified atom stereocenters. The van der Waals surface area contributed by atoms with Gasteiger partial charge in [0.05, 0.1) is 11.4 Å². The number of hydrogen-bond acceptors (Lipinski definition) is 2. The first-order valence-electron chi connectivity index (χ1n) is 7.37. The quantitative estimate of drug-likeness (QED) is 0.752. The van der Waals surface area contributed by atoms with E-state index in [0.717, 1.165) is 35.4 Å². The second-order valence-electron chi connectivity index (χ2n) is 5.18. The summed E-state index contributed by atoms with van der Waals surface area (Å²) in [6.07, 6.45) is 5.59. The molecule has 4 heteroatoms. The third-order valence-electron chi connectivity index (χ3n) is 3.67. The minimum Gasteiger partial charge on any atom is -0.360 e. The Morgan fingerprint density at radius 3 is 2.59 bits per heavy atom. The van der Waals surface area contributed by atoms with Crippen LogP contribution in [0, 0.1) is 5.82 Å². The van der Waals surface area contributed by atoms with Crippen LogP contribution in [0.5, 0.6) is 0 Å². The van der Waals surface area contributed by atoms with Crippen molar-refractivity contribution in [3.8, 4) is 22.5 Å². The molecule has 0 aliphatic rings. The van der Waals surface area contributed by atoms with Gasteiger partial charge < -0.3 is 10.7 Å². The lowest BCUT2D eigenvalue weighted by Gasteiger charge is -2.07. The van der Waals surface area contributed by atoms with Crippen LogP contribution in [-0.2, 0) is 6.42 Å². The molecule has 112 valence electrons. The Morgan fingerprint density at radius 1 is 1.09 bits per heavy atom. The maximum absolute atomic E-state index is 13.2. The molecule has 2 heterocycles. The number of aryl methyl sites for hydroxylation is 1. The number of halogens is 1. The van der Waals surface area contributed by atoms with Crippen LogP contribution in [0.15, 0.2) is 54.9 Å². The van der Waals surface area contributed by atoms with Crippen molar-refractivity contribution >= 4 is 0 Å². The first-order valence-corrected chi connectivity index (χ1v) is 7.37. The average Bonchev–Trinajstić information content (AvgIpc) is 2.98. The standard InChI is InChI=1S/C18H18FN3/c19-15-8-6-13(7-9-15)18-17(16-5-1-2-11-21-16)14(12-22-18)4-3-10-20/h1-2,5-9,11-12,22H,3-4,10,20H2. The van der Waals surface area contributed by atoms with E-state index in [1.165, 1.54) is 17.7 Å². The first kappa shape index (κ1) is 14.5. The van der Waals surface area contributed by atoms with Crippen LogP contribution in [0.2, 0.25) is 0 Å². The van der Waals surface area contributed by atoms with E-state index in [0.29, 0.717) is 6.54 Å². The largest absolute Gasteiger partial charge is 0.360 e. The molecule has 0 saturated carbocycles. The molecule has 0 amide bonds. The smallest absolute Gasteiger partial charge is 0.123 e. The molecular weight excluding hydrogens is 277 g/mol. The molecule has 0 fully saturated rings. The molecule has 3 aromatic rings. The predicted octanol–water partition coefficient (Wildman–Crippen LogP) is 3.77. The Morgan fingerprint density at radius 2 is 1.91 bits per heavy atom. The second kappa shape index (κ2) is 6.54. The van der Waals surface area contributed by atoms with Crippen LogP contribution < -0.4 is 5.73 Å². The van der Waals surface area contributed by atoms with Crippen molar-refractivity contribution in [2.24, 2.45) is 5.73 Å². The van der Waals surface area contributed by atoms with E-state index in [2.05, 4.69) is 9.97 Å². The second-order valence-corrected chi connectivity index (χ2v) is 5.18. The normalized spacial score (nSPS) is 10.8. The lowest BCUT2D eigenvalue weighted by Crippen LogP contribution is -2.00. The zero-order valence-electron chi connectivity index (χ0n) is 12.2. The summed E-state index contributed by atoms with van der Waals surface area (Å²) in [6, 6.07) is 12.3. The van der Waals surface area contributed by atoms with Gasteiger partial charge >= 0.3 is 0 Å². The van der Waals surface area contributed by atoms with Crippen LogP contribution in [0.3, 0.4) is 0 Å². The molecule has 1 aromatic carbocycles. The highest BCUT2D eigenvalue weighted by molar-refractivity contribution is 5.82. The van der Waals surface area contributed by atoms with Gasteiger partial charge in [0.25, 0.3) is 0 Å². The van der Waals surface area contributed by atoms with Gasteiger partial charge in [0.1, 0.15) is 5.82 Å². The van der Waals surface area contributed by atoms with Crippen molar-refractivity contribution in [3.63, 3.8) is 0 Å². The number of aromatic nitrogens is 2. The van der Waals surface area contributed by atoms with Gasteiger partial charge in [-0.25, -0.2) is 4.39 Å². The summed E-state index contributed by atoms with van der Waals surface area (Å²) in [4.78, 5) is 7.78. The molecule has 3 rings (SSSR count). The van der Waals surface area contributed by atoms with Crippen LogP contribution in [0.4, 0.5) is 4.39 Å². The minimum absolute atomic E-state index is 0.238.